The van der Waals surface area contributed by atoms with Crippen molar-refractivity contribution >= 4 is 5.91 Å². The van der Waals surface area contributed by atoms with E-state index in [2.05, 4.69) is 18.7 Å². The van der Waals surface area contributed by atoms with Crippen LogP contribution in [-0.4, -0.2) is 48.4 Å². The van der Waals surface area contributed by atoms with Crippen LogP contribution in [0.3, 0.4) is 0 Å². The van der Waals surface area contributed by atoms with E-state index < -0.39 is 0 Å². The van der Waals surface area contributed by atoms with Crippen molar-refractivity contribution in [3.8, 4) is 0 Å². The first-order valence-corrected chi connectivity index (χ1v) is 9.13. The third-order valence-corrected chi connectivity index (χ3v) is 4.84. The van der Waals surface area contributed by atoms with Crippen molar-refractivity contribution in [2.24, 2.45) is 0 Å². The second-order valence-corrected chi connectivity index (χ2v) is 6.75. The van der Waals surface area contributed by atoms with Crippen LogP contribution in [0.2, 0.25) is 0 Å². The number of unbranched alkanes of at least 4 members (excludes halogenated alkanes) is 6. The maximum Gasteiger partial charge on any atom is 0.236 e. The van der Waals surface area contributed by atoms with Gasteiger partial charge in [0.05, 0.1) is 6.54 Å². The summed E-state index contributed by atoms with van der Waals surface area (Å²) in [6.07, 6.45) is 13.1. The van der Waals surface area contributed by atoms with Gasteiger partial charge in [0, 0.05) is 13.1 Å². The number of hydrogen-bond donors (Lipinski definition) is 0. The van der Waals surface area contributed by atoms with Crippen LogP contribution in [-0.2, 0) is 4.79 Å². The Morgan fingerprint density at radius 3 is 2.24 bits per heavy atom. The van der Waals surface area contributed by atoms with Crippen LogP contribution in [0.4, 0.5) is 0 Å². The zero-order valence-electron chi connectivity index (χ0n) is 14.6. The summed E-state index contributed by atoms with van der Waals surface area (Å²) >= 11 is 0. The van der Waals surface area contributed by atoms with Crippen LogP contribution >= 0.6 is 0 Å². The fraction of sp³-hybridized carbons (Fsp3) is 0.944. The van der Waals surface area contributed by atoms with E-state index in [1.54, 1.807) is 0 Å². The Balaban J connectivity index is 2.06. The molecule has 0 N–H and O–H groups in total. The Hall–Kier alpha value is -0.570. The molecule has 0 aromatic heterocycles. The first-order chi connectivity index (χ1) is 10.1. The van der Waals surface area contributed by atoms with Gasteiger partial charge in [-0.05, 0) is 39.3 Å². The van der Waals surface area contributed by atoms with Crippen LogP contribution in [0.5, 0.6) is 0 Å². The molecule has 0 saturated carbocycles. The van der Waals surface area contributed by atoms with Gasteiger partial charge in [-0.15, -0.1) is 0 Å². The van der Waals surface area contributed by atoms with Crippen molar-refractivity contribution in [2.45, 2.75) is 84.1 Å². The van der Waals surface area contributed by atoms with Gasteiger partial charge in [-0.25, -0.2) is 0 Å². The SMILES string of the molecule is CCCCCCCCCC(C)N(C)C(=O)CN1CCCC1. The number of nitrogens with zero attached hydrogens (tertiary/aromatic N) is 2. The van der Waals surface area contributed by atoms with E-state index in [4.69, 9.17) is 0 Å². The average Bonchev–Trinajstić information content (AvgIpc) is 2.98. The summed E-state index contributed by atoms with van der Waals surface area (Å²) in [6, 6.07) is 0.385. The van der Waals surface area contributed by atoms with Gasteiger partial charge in [0.2, 0.25) is 5.91 Å². The molecule has 1 atom stereocenters. The molecule has 3 heteroatoms. The van der Waals surface area contributed by atoms with Crippen LogP contribution in [0, 0.1) is 0 Å². The van der Waals surface area contributed by atoms with E-state index in [1.807, 2.05) is 11.9 Å². The Kier molecular flexibility index (Phi) is 9.73. The molecule has 21 heavy (non-hydrogen) atoms. The highest BCUT2D eigenvalue weighted by atomic mass is 16.2. The summed E-state index contributed by atoms with van der Waals surface area (Å²) in [7, 11) is 1.98. The van der Waals surface area contributed by atoms with E-state index >= 15 is 0 Å². The Bertz CT molecular complexity index is 274. The van der Waals surface area contributed by atoms with Gasteiger partial charge in [0.25, 0.3) is 0 Å². The van der Waals surface area contributed by atoms with E-state index in [0.29, 0.717) is 18.5 Å². The maximum atomic E-state index is 12.2. The maximum absolute atomic E-state index is 12.2. The minimum absolute atomic E-state index is 0.298. The van der Waals surface area contributed by atoms with Crippen molar-refractivity contribution in [1.29, 1.82) is 0 Å². The predicted octanol–water partition coefficient (Wildman–Crippen LogP) is 4.07. The number of likely N-dealkylation sites (N-methyl/N-ethyl adjacent to an activating group) is 1. The number of hydrogen-bond acceptors (Lipinski definition) is 2. The molecule has 1 saturated heterocycles. The summed E-state index contributed by atoms with van der Waals surface area (Å²) in [5.41, 5.74) is 0. The minimum atomic E-state index is 0.298. The standard InChI is InChI=1S/C18H36N2O/c1-4-5-6-7-8-9-10-13-17(2)19(3)18(21)16-20-14-11-12-15-20/h17H,4-16H2,1-3H3. The largest absolute Gasteiger partial charge is 0.342 e. The van der Waals surface area contributed by atoms with Gasteiger partial charge in [0.15, 0.2) is 0 Å². The molecule has 1 unspecified atom stereocenters. The second kappa shape index (κ2) is 11.1. The van der Waals surface area contributed by atoms with Crippen LogP contribution in [0.15, 0.2) is 0 Å². The van der Waals surface area contributed by atoms with E-state index in [1.165, 1.54) is 57.8 Å². The molecule has 1 rings (SSSR count). The molecule has 0 aliphatic carbocycles. The monoisotopic (exact) mass is 296 g/mol. The topological polar surface area (TPSA) is 23.6 Å². The molecule has 3 nitrogen and oxygen atoms in total. The lowest BCUT2D eigenvalue weighted by atomic mass is 10.1. The summed E-state index contributed by atoms with van der Waals surface area (Å²) in [5, 5.41) is 0. The predicted molar refractivity (Wildman–Crippen MR) is 90.5 cm³/mol. The molecule has 1 amide bonds. The van der Waals surface area contributed by atoms with Gasteiger partial charge in [0.1, 0.15) is 0 Å². The molecule has 0 aromatic rings. The van der Waals surface area contributed by atoms with E-state index in [0.717, 1.165) is 19.5 Å². The number of carbonyl (C=O) groups excluding carboxylic acids is 1. The quantitative estimate of drug-likeness (QED) is 0.537. The second-order valence-electron chi connectivity index (χ2n) is 6.75. The van der Waals surface area contributed by atoms with Gasteiger partial charge < -0.3 is 4.90 Å². The Labute approximate surface area is 132 Å². The Morgan fingerprint density at radius 2 is 1.62 bits per heavy atom. The highest BCUT2D eigenvalue weighted by molar-refractivity contribution is 5.78. The zero-order valence-corrected chi connectivity index (χ0v) is 14.6. The van der Waals surface area contributed by atoms with Gasteiger partial charge in [-0.3, -0.25) is 9.69 Å². The molecule has 1 aliphatic rings. The normalized spacial score (nSPS) is 17.1. The third-order valence-electron chi connectivity index (χ3n) is 4.84. The zero-order chi connectivity index (χ0) is 15.5. The molecule has 1 fully saturated rings. The van der Waals surface area contributed by atoms with E-state index in [9.17, 15) is 4.79 Å². The third kappa shape index (κ3) is 7.85. The van der Waals surface area contributed by atoms with Gasteiger partial charge >= 0.3 is 0 Å². The number of carbonyl (C=O) groups is 1. The molecular formula is C18H36N2O. The summed E-state index contributed by atoms with van der Waals surface area (Å²) in [5.74, 6) is 0.298. The van der Waals surface area contributed by atoms with Gasteiger partial charge in [-0.2, -0.15) is 0 Å². The molecule has 0 bridgehead atoms. The van der Waals surface area contributed by atoms with Crippen molar-refractivity contribution in [2.75, 3.05) is 26.7 Å². The molecule has 124 valence electrons. The average molecular weight is 296 g/mol. The highest BCUT2D eigenvalue weighted by Crippen LogP contribution is 2.13. The number of likely N-dealkylation sites (tertiary alicyclic amines) is 1. The van der Waals surface area contributed by atoms with Crippen molar-refractivity contribution in [3.63, 3.8) is 0 Å². The van der Waals surface area contributed by atoms with Crippen LogP contribution < -0.4 is 0 Å². The van der Waals surface area contributed by atoms with Crippen molar-refractivity contribution in [3.05, 3.63) is 0 Å². The highest BCUT2D eigenvalue weighted by Gasteiger charge is 2.20. The molecular weight excluding hydrogens is 260 g/mol. The number of amides is 1. The summed E-state index contributed by atoms with van der Waals surface area (Å²) in [6.45, 7) is 7.28. The lowest BCUT2D eigenvalue weighted by Gasteiger charge is -2.27. The van der Waals surface area contributed by atoms with Gasteiger partial charge in [-0.1, -0.05) is 51.9 Å². The first kappa shape index (κ1) is 18.5. The molecule has 0 spiro atoms. The summed E-state index contributed by atoms with van der Waals surface area (Å²) in [4.78, 5) is 16.5. The fourth-order valence-electron chi connectivity index (χ4n) is 3.08. The van der Waals surface area contributed by atoms with Crippen LogP contribution in [0.25, 0.3) is 0 Å². The van der Waals surface area contributed by atoms with Crippen molar-refractivity contribution in [1.82, 2.24) is 9.80 Å². The molecule has 0 aromatic carbocycles. The lowest BCUT2D eigenvalue weighted by molar-refractivity contribution is -0.132. The first-order valence-electron chi connectivity index (χ1n) is 9.13. The molecule has 1 heterocycles. The Morgan fingerprint density at radius 1 is 1.05 bits per heavy atom. The van der Waals surface area contributed by atoms with E-state index in [-0.39, 0.29) is 0 Å². The molecule has 0 radical (unpaired) electrons. The van der Waals surface area contributed by atoms with Crippen molar-refractivity contribution < 1.29 is 4.79 Å². The fourth-order valence-corrected chi connectivity index (χ4v) is 3.08. The van der Waals surface area contributed by atoms with Crippen LogP contribution in [0.1, 0.15) is 78.1 Å². The minimum Gasteiger partial charge on any atom is -0.342 e. The smallest absolute Gasteiger partial charge is 0.236 e. The molecule has 1 aliphatic heterocycles. The number of rotatable bonds is 11. The summed E-state index contributed by atoms with van der Waals surface area (Å²) < 4.78 is 0. The lowest BCUT2D eigenvalue weighted by Crippen LogP contribution is -2.41.